The highest BCUT2D eigenvalue weighted by Crippen LogP contribution is 2.18. The Morgan fingerprint density at radius 3 is 2.39 bits per heavy atom. The van der Waals surface area contributed by atoms with Gasteiger partial charge >= 0.3 is 5.97 Å². The lowest BCUT2D eigenvalue weighted by Crippen LogP contribution is -2.43. The maximum atomic E-state index is 11.7. The summed E-state index contributed by atoms with van der Waals surface area (Å²) < 4.78 is 5.14. The number of nitrogens with zero attached hydrogens (tertiary/aromatic N) is 1. The van der Waals surface area contributed by atoms with Gasteiger partial charge in [0.15, 0.2) is 0 Å². The number of nitriles is 1. The van der Waals surface area contributed by atoms with E-state index in [4.69, 9.17) is 15.7 Å². The van der Waals surface area contributed by atoms with Gasteiger partial charge in [-0.3, -0.25) is 4.79 Å². The number of carbonyl (C=O) groups excluding carboxylic acids is 1. The lowest BCUT2D eigenvalue weighted by Gasteiger charge is -2.24. The number of carbonyl (C=O) groups is 1. The van der Waals surface area contributed by atoms with E-state index in [1.807, 2.05) is 26.8 Å². The van der Waals surface area contributed by atoms with E-state index in [9.17, 15) is 4.79 Å². The van der Waals surface area contributed by atoms with Crippen LogP contribution in [0.4, 0.5) is 0 Å². The Morgan fingerprint density at radius 2 is 1.94 bits per heavy atom. The van der Waals surface area contributed by atoms with E-state index in [0.29, 0.717) is 5.56 Å². The van der Waals surface area contributed by atoms with Gasteiger partial charge in [0.25, 0.3) is 0 Å². The van der Waals surface area contributed by atoms with Crippen LogP contribution in [0.25, 0.3) is 0 Å². The molecule has 0 bridgehead atoms. The van der Waals surface area contributed by atoms with Crippen molar-refractivity contribution in [1.29, 1.82) is 5.26 Å². The van der Waals surface area contributed by atoms with Crippen molar-refractivity contribution in [3.05, 3.63) is 35.4 Å². The second kappa shape index (κ2) is 5.65. The summed E-state index contributed by atoms with van der Waals surface area (Å²) in [5.74, 6) is -0.410. The van der Waals surface area contributed by atoms with Crippen LogP contribution < -0.4 is 5.73 Å². The predicted molar refractivity (Wildman–Crippen MR) is 68.4 cm³/mol. The van der Waals surface area contributed by atoms with Crippen molar-refractivity contribution in [3.63, 3.8) is 0 Å². The molecule has 96 valence electrons. The Bertz CT molecular complexity index is 452. The van der Waals surface area contributed by atoms with Crippen LogP contribution in [0.15, 0.2) is 24.3 Å². The first kappa shape index (κ1) is 14.2. The van der Waals surface area contributed by atoms with Crippen LogP contribution in [0.1, 0.15) is 31.9 Å². The molecular weight excluding hydrogens is 228 g/mol. The topological polar surface area (TPSA) is 76.1 Å². The standard InChI is InChI=1S/C14H18N2O2/c1-14(2,3)12(16)13(17)18-9-11-6-4-10(8-15)5-7-11/h4-7,12H,9,16H2,1-3H3. The molecule has 0 aliphatic carbocycles. The van der Waals surface area contributed by atoms with Gasteiger partial charge in [0, 0.05) is 0 Å². The molecule has 0 amide bonds. The van der Waals surface area contributed by atoms with Crippen molar-refractivity contribution in [1.82, 2.24) is 0 Å². The number of nitrogens with two attached hydrogens (primary N) is 1. The number of hydrogen-bond acceptors (Lipinski definition) is 4. The fraction of sp³-hybridized carbons (Fsp3) is 0.429. The molecule has 0 spiro atoms. The van der Waals surface area contributed by atoms with Crippen LogP contribution >= 0.6 is 0 Å². The van der Waals surface area contributed by atoms with E-state index in [1.54, 1.807) is 24.3 Å². The van der Waals surface area contributed by atoms with E-state index in [0.717, 1.165) is 5.56 Å². The van der Waals surface area contributed by atoms with Crippen LogP contribution in [0.5, 0.6) is 0 Å². The lowest BCUT2D eigenvalue weighted by molar-refractivity contribution is -0.149. The number of benzene rings is 1. The monoisotopic (exact) mass is 246 g/mol. The molecule has 0 saturated carbocycles. The van der Waals surface area contributed by atoms with Crippen molar-refractivity contribution >= 4 is 5.97 Å². The predicted octanol–water partition coefficient (Wildman–Crippen LogP) is 1.97. The summed E-state index contributed by atoms with van der Waals surface area (Å²) >= 11 is 0. The second-order valence-electron chi connectivity index (χ2n) is 5.26. The first-order valence-electron chi connectivity index (χ1n) is 5.76. The molecule has 0 aliphatic rings. The van der Waals surface area contributed by atoms with E-state index >= 15 is 0 Å². The first-order valence-corrected chi connectivity index (χ1v) is 5.76. The maximum absolute atomic E-state index is 11.7. The molecule has 0 fully saturated rings. The van der Waals surface area contributed by atoms with Gasteiger partial charge in [-0.1, -0.05) is 32.9 Å². The first-order chi connectivity index (χ1) is 8.34. The minimum Gasteiger partial charge on any atom is -0.460 e. The second-order valence-corrected chi connectivity index (χ2v) is 5.26. The van der Waals surface area contributed by atoms with Crippen LogP contribution in [0, 0.1) is 16.7 Å². The maximum Gasteiger partial charge on any atom is 0.323 e. The van der Waals surface area contributed by atoms with Gasteiger partial charge in [0.2, 0.25) is 0 Å². The largest absolute Gasteiger partial charge is 0.460 e. The van der Waals surface area contributed by atoms with Gasteiger partial charge in [-0.15, -0.1) is 0 Å². The molecule has 0 saturated heterocycles. The summed E-state index contributed by atoms with van der Waals surface area (Å²) in [4.78, 5) is 11.7. The lowest BCUT2D eigenvalue weighted by atomic mass is 9.87. The smallest absolute Gasteiger partial charge is 0.323 e. The normalized spacial score (nSPS) is 12.6. The highest BCUT2D eigenvalue weighted by molar-refractivity contribution is 5.76. The molecule has 2 N–H and O–H groups in total. The molecule has 0 heterocycles. The van der Waals surface area contributed by atoms with Crippen molar-refractivity contribution in [3.8, 4) is 6.07 Å². The average molecular weight is 246 g/mol. The molecule has 1 atom stereocenters. The Hall–Kier alpha value is -1.86. The summed E-state index contributed by atoms with van der Waals surface area (Å²) in [6.45, 7) is 5.84. The zero-order chi connectivity index (χ0) is 13.8. The highest BCUT2D eigenvalue weighted by atomic mass is 16.5. The molecule has 0 aromatic heterocycles. The Balaban J connectivity index is 2.55. The van der Waals surface area contributed by atoms with Crippen LogP contribution in [0.2, 0.25) is 0 Å². The molecule has 4 nitrogen and oxygen atoms in total. The molecule has 1 aromatic carbocycles. The SMILES string of the molecule is CC(C)(C)C(N)C(=O)OCc1ccc(C#N)cc1. The molecular formula is C14H18N2O2. The third-order valence-electron chi connectivity index (χ3n) is 2.65. The van der Waals surface area contributed by atoms with Gasteiger partial charge in [-0.05, 0) is 23.1 Å². The fourth-order valence-electron chi connectivity index (χ4n) is 1.27. The molecule has 1 aromatic rings. The van der Waals surface area contributed by atoms with Gasteiger partial charge in [-0.25, -0.2) is 0 Å². The number of ether oxygens (including phenoxy) is 1. The zero-order valence-corrected chi connectivity index (χ0v) is 10.9. The van der Waals surface area contributed by atoms with E-state index < -0.39 is 12.0 Å². The zero-order valence-electron chi connectivity index (χ0n) is 10.9. The Labute approximate surface area is 107 Å². The van der Waals surface area contributed by atoms with Crippen molar-refractivity contribution in [2.75, 3.05) is 0 Å². The molecule has 0 aliphatic heterocycles. The Morgan fingerprint density at radius 1 is 1.39 bits per heavy atom. The third-order valence-corrected chi connectivity index (χ3v) is 2.65. The van der Waals surface area contributed by atoms with Crippen molar-refractivity contribution in [2.45, 2.75) is 33.4 Å². The van der Waals surface area contributed by atoms with Gasteiger partial charge in [0.05, 0.1) is 11.6 Å². The summed E-state index contributed by atoms with van der Waals surface area (Å²) in [6.07, 6.45) is 0. The van der Waals surface area contributed by atoms with E-state index in [-0.39, 0.29) is 12.0 Å². The summed E-state index contributed by atoms with van der Waals surface area (Å²) in [7, 11) is 0. The van der Waals surface area contributed by atoms with Gasteiger partial charge in [-0.2, -0.15) is 5.26 Å². The number of esters is 1. The van der Waals surface area contributed by atoms with Crippen molar-refractivity contribution in [2.24, 2.45) is 11.1 Å². The molecule has 1 unspecified atom stereocenters. The summed E-state index contributed by atoms with van der Waals surface area (Å²) in [5.41, 5.74) is 6.89. The van der Waals surface area contributed by atoms with E-state index in [1.165, 1.54) is 0 Å². The van der Waals surface area contributed by atoms with Crippen molar-refractivity contribution < 1.29 is 9.53 Å². The molecule has 18 heavy (non-hydrogen) atoms. The highest BCUT2D eigenvalue weighted by Gasteiger charge is 2.28. The molecule has 0 radical (unpaired) electrons. The number of hydrogen-bond donors (Lipinski definition) is 1. The fourth-order valence-corrected chi connectivity index (χ4v) is 1.27. The van der Waals surface area contributed by atoms with E-state index in [2.05, 4.69) is 0 Å². The summed E-state index contributed by atoms with van der Waals surface area (Å²) in [6, 6.07) is 8.28. The number of rotatable bonds is 3. The van der Waals surface area contributed by atoms with Crippen LogP contribution in [0.3, 0.4) is 0 Å². The Kier molecular flexibility index (Phi) is 4.46. The molecule has 1 rings (SSSR count). The average Bonchev–Trinajstić information content (AvgIpc) is 2.34. The summed E-state index contributed by atoms with van der Waals surface area (Å²) in [5, 5.41) is 8.66. The quantitative estimate of drug-likeness (QED) is 0.827. The van der Waals surface area contributed by atoms with Crippen LogP contribution in [-0.4, -0.2) is 12.0 Å². The third kappa shape index (κ3) is 3.86. The minimum atomic E-state index is -0.643. The van der Waals surface area contributed by atoms with Gasteiger partial charge in [0.1, 0.15) is 12.6 Å². The van der Waals surface area contributed by atoms with Gasteiger partial charge < -0.3 is 10.5 Å². The molecule has 4 heteroatoms. The minimum absolute atomic E-state index is 0.175. The van der Waals surface area contributed by atoms with Crippen LogP contribution in [-0.2, 0) is 16.1 Å².